The highest BCUT2D eigenvalue weighted by molar-refractivity contribution is 6.31. The number of para-hydroxylation sites is 1. The van der Waals surface area contributed by atoms with Crippen LogP contribution in [-0.4, -0.2) is 59.7 Å². The summed E-state index contributed by atoms with van der Waals surface area (Å²) in [5, 5.41) is 35.1. The van der Waals surface area contributed by atoms with Crippen molar-refractivity contribution in [2.75, 3.05) is 20.3 Å². The van der Waals surface area contributed by atoms with Crippen molar-refractivity contribution in [1.29, 1.82) is 0 Å². The van der Waals surface area contributed by atoms with E-state index in [0.29, 0.717) is 28.5 Å². The molecule has 37 heavy (non-hydrogen) atoms. The average molecular weight is 526 g/mol. The molecule has 2 bridgehead atoms. The van der Waals surface area contributed by atoms with Crippen LogP contribution in [0, 0.1) is 0 Å². The molecule has 3 aromatic carbocycles. The quantitative estimate of drug-likeness (QED) is 0.303. The molecule has 4 atom stereocenters. The van der Waals surface area contributed by atoms with Gasteiger partial charge in [0.05, 0.1) is 25.5 Å². The van der Waals surface area contributed by atoms with Gasteiger partial charge in [-0.3, -0.25) is 0 Å². The van der Waals surface area contributed by atoms with Gasteiger partial charge in [-0.1, -0.05) is 47.1 Å². The van der Waals surface area contributed by atoms with Gasteiger partial charge in [-0.2, -0.15) is 0 Å². The first kappa shape index (κ1) is 25.7. The molecule has 0 radical (unpaired) electrons. The number of nitrogens with zero attached hydrogens (tertiary/aromatic N) is 1. The standard InChI is InChI=1S/C28H28ClNO7/c1-34-30-15-19-4-2-3-5-25(19)36-22-9-6-18(7-10-22)12-20-13-21(8-11-23(20)29)28-14-24(32)26(33)27(16-31,37-28)17-35-28/h2-11,13,15,24,26,31-33H,12,14,16-17H2,1H3/b30-15+/t24?,26-,27-,28+/m0/s1. The van der Waals surface area contributed by atoms with Crippen molar-refractivity contribution in [3.63, 3.8) is 0 Å². The molecule has 3 N–H and O–H groups in total. The summed E-state index contributed by atoms with van der Waals surface area (Å²) in [6.45, 7) is -0.493. The molecular formula is C28H28ClNO7. The number of rotatable bonds is 8. The van der Waals surface area contributed by atoms with E-state index in [1.54, 1.807) is 18.3 Å². The van der Waals surface area contributed by atoms with Gasteiger partial charge in [0.1, 0.15) is 30.3 Å². The molecule has 2 heterocycles. The fourth-order valence-corrected chi connectivity index (χ4v) is 4.98. The van der Waals surface area contributed by atoms with E-state index in [9.17, 15) is 15.3 Å². The van der Waals surface area contributed by atoms with Crippen LogP contribution in [0.1, 0.15) is 28.7 Å². The molecule has 2 fully saturated rings. The summed E-state index contributed by atoms with van der Waals surface area (Å²) in [6, 6.07) is 20.6. The van der Waals surface area contributed by atoms with E-state index in [1.807, 2.05) is 54.6 Å². The Morgan fingerprint density at radius 3 is 2.65 bits per heavy atom. The smallest absolute Gasteiger partial charge is 0.198 e. The molecular weight excluding hydrogens is 498 g/mol. The monoisotopic (exact) mass is 525 g/mol. The Kier molecular flexibility index (Phi) is 7.22. The normalized spacial score (nSPS) is 26.9. The van der Waals surface area contributed by atoms with Gasteiger partial charge in [-0.15, -0.1) is 0 Å². The van der Waals surface area contributed by atoms with Crippen molar-refractivity contribution in [2.45, 2.75) is 36.4 Å². The minimum Gasteiger partial charge on any atom is -0.457 e. The topological polar surface area (TPSA) is 110 Å². The maximum Gasteiger partial charge on any atom is 0.198 e. The lowest BCUT2D eigenvalue weighted by Gasteiger charge is -2.42. The largest absolute Gasteiger partial charge is 0.457 e. The van der Waals surface area contributed by atoms with E-state index < -0.39 is 30.2 Å². The highest BCUT2D eigenvalue weighted by Crippen LogP contribution is 2.49. The Labute approximate surface area is 219 Å². The van der Waals surface area contributed by atoms with Crippen LogP contribution in [0.15, 0.2) is 71.9 Å². The van der Waals surface area contributed by atoms with Crippen LogP contribution in [-0.2, 0) is 26.5 Å². The predicted molar refractivity (Wildman–Crippen MR) is 137 cm³/mol. The number of halogens is 1. The first-order valence-corrected chi connectivity index (χ1v) is 12.3. The summed E-state index contributed by atoms with van der Waals surface area (Å²) in [4.78, 5) is 4.77. The molecule has 3 aromatic rings. The molecule has 8 nitrogen and oxygen atoms in total. The Hall–Kier alpha value is -2.98. The number of hydrogen-bond acceptors (Lipinski definition) is 8. The molecule has 5 rings (SSSR count). The maximum atomic E-state index is 10.5. The molecule has 2 saturated heterocycles. The lowest BCUT2D eigenvalue weighted by molar-refractivity contribution is -0.281. The Bertz CT molecular complexity index is 1280. The van der Waals surface area contributed by atoms with Crippen molar-refractivity contribution >= 4 is 17.8 Å². The van der Waals surface area contributed by atoms with Gasteiger partial charge in [0, 0.05) is 22.6 Å². The first-order valence-electron chi connectivity index (χ1n) is 11.9. The van der Waals surface area contributed by atoms with Gasteiger partial charge < -0.3 is 34.4 Å². The Morgan fingerprint density at radius 2 is 1.89 bits per heavy atom. The van der Waals surface area contributed by atoms with Gasteiger partial charge in [0.25, 0.3) is 0 Å². The first-order chi connectivity index (χ1) is 17.9. The molecule has 0 aliphatic carbocycles. The van der Waals surface area contributed by atoms with Crippen molar-refractivity contribution in [2.24, 2.45) is 5.16 Å². The number of ether oxygens (including phenoxy) is 3. The maximum absolute atomic E-state index is 10.5. The van der Waals surface area contributed by atoms with Crippen molar-refractivity contribution in [3.05, 3.63) is 94.0 Å². The minimum atomic E-state index is -1.36. The van der Waals surface area contributed by atoms with Crippen molar-refractivity contribution in [3.8, 4) is 11.5 Å². The second kappa shape index (κ2) is 10.4. The number of fused-ring (bicyclic) bond motifs is 2. The zero-order valence-electron chi connectivity index (χ0n) is 20.2. The fraction of sp³-hybridized carbons (Fsp3) is 0.321. The molecule has 1 unspecified atom stereocenters. The number of aliphatic hydroxyl groups excluding tert-OH is 3. The van der Waals surface area contributed by atoms with Gasteiger partial charge in [-0.05, 0) is 53.9 Å². The molecule has 9 heteroatoms. The molecule has 194 valence electrons. The third-order valence-corrected chi connectivity index (χ3v) is 7.18. The summed E-state index contributed by atoms with van der Waals surface area (Å²) in [6.07, 6.45) is -0.163. The fourth-order valence-electron chi connectivity index (χ4n) is 4.80. The third-order valence-electron chi connectivity index (χ3n) is 6.81. The van der Waals surface area contributed by atoms with E-state index in [-0.39, 0.29) is 13.0 Å². The zero-order valence-corrected chi connectivity index (χ0v) is 21.0. The second-order valence-corrected chi connectivity index (χ2v) is 9.67. The van der Waals surface area contributed by atoms with E-state index in [4.69, 9.17) is 30.6 Å². The number of hydrogen-bond donors (Lipinski definition) is 3. The van der Waals surface area contributed by atoms with Gasteiger partial charge in [-0.25, -0.2) is 0 Å². The van der Waals surface area contributed by atoms with E-state index in [1.165, 1.54) is 7.11 Å². The average Bonchev–Trinajstić information content (AvgIpc) is 3.26. The van der Waals surface area contributed by atoms with Gasteiger partial charge in [0.15, 0.2) is 5.79 Å². The Morgan fingerprint density at radius 1 is 1.11 bits per heavy atom. The number of benzene rings is 3. The highest BCUT2D eigenvalue weighted by atomic mass is 35.5. The van der Waals surface area contributed by atoms with Crippen molar-refractivity contribution < 1.29 is 34.4 Å². The Balaban J connectivity index is 1.34. The van der Waals surface area contributed by atoms with Gasteiger partial charge in [0.2, 0.25) is 0 Å². The van der Waals surface area contributed by atoms with Crippen molar-refractivity contribution in [1.82, 2.24) is 0 Å². The van der Waals surface area contributed by atoms with Crippen LogP contribution in [0.4, 0.5) is 0 Å². The number of oxime groups is 1. The SMILES string of the molecule is CO/N=C/c1ccccc1Oc1ccc(Cc2cc([C@]34CC(O)[C@H](O)[C@](CO)(CO3)O4)ccc2Cl)cc1. The molecule has 0 aromatic heterocycles. The predicted octanol–water partition coefficient (Wildman–Crippen LogP) is 3.76. The van der Waals surface area contributed by atoms with Crippen LogP contribution < -0.4 is 4.74 Å². The van der Waals surface area contributed by atoms with Crippen LogP contribution in [0.25, 0.3) is 0 Å². The van der Waals surface area contributed by atoms with E-state index in [0.717, 1.165) is 16.7 Å². The summed E-state index contributed by atoms with van der Waals surface area (Å²) < 4.78 is 18.1. The van der Waals surface area contributed by atoms with Gasteiger partial charge >= 0.3 is 0 Å². The summed E-state index contributed by atoms with van der Waals surface area (Å²) in [5.74, 6) is 0.0581. The van der Waals surface area contributed by atoms with Crippen LogP contribution in [0.2, 0.25) is 5.02 Å². The molecule has 2 aliphatic rings. The zero-order chi connectivity index (χ0) is 26.0. The van der Waals surface area contributed by atoms with E-state index in [2.05, 4.69) is 5.16 Å². The van der Waals surface area contributed by atoms with E-state index >= 15 is 0 Å². The minimum absolute atomic E-state index is 0.0262. The summed E-state index contributed by atoms with van der Waals surface area (Å²) in [7, 11) is 1.49. The molecule has 2 aliphatic heterocycles. The van der Waals surface area contributed by atoms with Crippen LogP contribution in [0.5, 0.6) is 11.5 Å². The highest BCUT2D eigenvalue weighted by Gasteiger charge is 2.62. The lowest BCUT2D eigenvalue weighted by atomic mass is 9.85. The number of aliphatic hydroxyl groups is 3. The van der Waals surface area contributed by atoms with Crippen LogP contribution in [0.3, 0.4) is 0 Å². The molecule has 0 spiro atoms. The second-order valence-electron chi connectivity index (χ2n) is 9.27. The summed E-state index contributed by atoms with van der Waals surface area (Å²) >= 11 is 6.53. The molecule has 0 amide bonds. The third kappa shape index (κ3) is 4.96. The lowest BCUT2D eigenvalue weighted by Crippen LogP contribution is -2.59. The molecule has 0 saturated carbocycles. The van der Waals surface area contributed by atoms with Crippen LogP contribution >= 0.6 is 11.6 Å². The summed E-state index contributed by atoms with van der Waals surface area (Å²) in [5.41, 5.74) is 1.95.